The lowest BCUT2D eigenvalue weighted by atomic mass is 9.93. The summed E-state index contributed by atoms with van der Waals surface area (Å²) in [5.74, 6) is 1.82. The Morgan fingerprint density at radius 2 is 1.73 bits per heavy atom. The largest absolute Gasteiger partial charge is 0.335 e. The molecule has 2 fully saturated rings. The molecule has 3 heteroatoms. The SMILES string of the molecule is CC1CC2CCC(C1)N2c1ncccn1. The van der Waals surface area contributed by atoms with Gasteiger partial charge in [0.05, 0.1) is 0 Å². The third kappa shape index (κ3) is 1.50. The van der Waals surface area contributed by atoms with Gasteiger partial charge < -0.3 is 4.90 Å². The maximum Gasteiger partial charge on any atom is 0.225 e. The number of rotatable bonds is 1. The Labute approximate surface area is 90.5 Å². The lowest BCUT2D eigenvalue weighted by Gasteiger charge is -2.37. The van der Waals surface area contributed by atoms with Gasteiger partial charge in [0.15, 0.2) is 0 Å². The maximum atomic E-state index is 4.38. The van der Waals surface area contributed by atoms with E-state index in [2.05, 4.69) is 21.8 Å². The van der Waals surface area contributed by atoms with Gasteiger partial charge in [-0.25, -0.2) is 9.97 Å². The molecule has 2 aliphatic rings. The molecule has 80 valence electrons. The lowest BCUT2D eigenvalue weighted by Crippen LogP contribution is -2.43. The normalized spacial score (nSPS) is 34.5. The summed E-state index contributed by atoms with van der Waals surface area (Å²) in [5.41, 5.74) is 0. The summed E-state index contributed by atoms with van der Waals surface area (Å²) in [7, 11) is 0. The Balaban J connectivity index is 1.89. The minimum Gasteiger partial charge on any atom is -0.335 e. The fourth-order valence-electron chi connectivity index (χ4n) is 3.20. The molecule has 0 spiro atoms. The maximum absolute atomic E-state index is 4.38. The van der Waals surface area contributed by atoms with Crippen LogP contribution in [-0.2, 0) is 0 Å². The molecule has 0 radical (unpaired) electrons. The van der Waals surface area contributed by atoms with Crippen molar-refractivity contribution in [3.63, 3.8) is 0 Å². The van der Waals surface area contributed by atoms with Crippen LogP contribution in [0, 0.1) is 5.92 Å². The molecule has 0 amide bonds. The van der Waals surface area contributed by atoms with Crippen LogP contribution < -0.4 is 4.90 Å². The van der Waals surface area contributed by atoms with Crippen LogP contribution in [0.4, 0.5) is 5.95 Å². The van der Waals surface area contributed by atoms with Crippen molar-refractivity contribution < 1.29 is 0 Å². The van der Waals surface area contributed by atoms with Crippen LogP contribution in [0.1, 0.15) is 32.6 Å². The minimum atomic E-state index is 0.696. The number of hydrogen-bond donors (Lipinski definition) is 0. The van der Waals surface area contributed by atoms with E-state index in [9.17, 15) is 0 Å². The highest BCUT2D eigenvalue weighted by Gasteiger charge is 2.40. The number of hydrogen-bond acceptors (Lipinski definition) is 3. The number of anilines is 1. The predicted molar refractivity (Wildman–Crippen MR) is 59.7 cm³/mol. The molecule has 1 aromatic rings. The van der Waals surface area contributed by atoms with Crippen LogP contribution >= 0.6 is 0 Å². The van der Waals surface area contributed by atoms with Gasteiger partial charge in [-0.2, -0.15) is 0 Å². The average Bonchev–Trinajstić information content (AvgIpc) is 2.53. The number of fused-ring (bicyclic) bond motifs is 2. The Kier molecular flexibility index (Phi) is 2.11. The fraction of sp³-hybridized carbons (Fsp3) is 0.667. The van der Waals surface area contributed by atoms with Crippen molar-refractivity contribution in [3.8, 4) is 0 Å². The monoisotopic (exact) mass is 203 g/mol. The van der Waals surface area contributed by atoms with Crippen molar-refractivity contribution in [1.29, 1.82) is 0 Å². The van der Waals surface area contributed by atoms with E-state index in [0.29, 0.717) is 12.1 Å². The molecular weight excluding hydrogens is 186 g/mol. The predicted octanol–water partition coefficient (Wildman–Crippen LogP) is 2.24. The van der Waals surface area contributed by atoms with Crippen molar-refractivity contribution in [1.82, 2.24) is 9.97 Å². The molecule has 15 heavy (non-hydrogen) atoms. The molecule has 2 unspecified atom stereocenters. The Morgan fingerprint density at radius 1 is 1.13 bits per heavy atom. The summed E-state index contributed by atoms with van der Waals surface area (Å²) in [5, 5.41) is 0. The smallest absolute Gasteiger partial charge is 0.225 e. The quantitative estimate of drug-likeness (QED) is 0.701. The topological polar surface area (TPSA) is 29.0 Å². The highest BCUT2D eigenvalue weighted by Crippen LogP contribution is 2.39. The van der Waals surface area contributed by atoms with Gasteiger partial charge in [-0.1, -0.05) is 6.92 Å². The Morgan fingerprint density at radius 3 is 2.33 bits per heavy atom. The van der Waals surface area contributed by atoms with Crippen LogP contribution in [0.5, 0.6) is 0 Å². The molecule has 3 heterocycles. The highest BCUT2D eigenvalue weighted by molar-refractivity contribution is 5.36. The third-order valence-corrected chi connectivity index (χ3v) is 3.75. The summed E-state index contributed by atoms with van der Waals surface area (Å²) < 4.78 is 0. The van der Waals surface area contributed by atoms with Gasteiger partial charge >= 0.3 is 0 Å². The minimum absolute atomic E-state index is 0.696. The van der Waals surface area contributed by atoms with Gasteiger partial charge in [-0.3, -0.25) is 0 Å². The second kappa shape index (κ2) is 3.47. The zero-order chi connectivity index (χ0) is 10.3. The summed E-state index contributed by atoms with van der Waals surface area (Å²) >= 11 is 0. The van der Waals surface area contributed by atoms with E-state index in [0.717, 1.165) is 11.9 Å². The van der Waals surface area contributed by atoms with Crippen molar-refractivity contribution in [3.05, 3.63) is 18.5 Å². The molecule has 3 nitrogen and oxygen atoms in total. The fourth-order valence-corrected chi connectivity index (χ4v) is 3.20. The van der Waals surface area contributed by atoms with Gasteiger partial charge in [-0.15, -0.1) is 0 Å². The summed E-state index contributed by atoms with van der Waals surface area (Å²) in [6, 6.07) is 3.28. The van der Waals surface area contributed by atoms with E-state index < -0.39 is 0 Å². The van der Waals surface area contributed by atoms with Gasteiger partial charge in [0.1, 0.15) is 0 Å². The van der Waals surface area contributed by atoms with Crippen LogP contribution in [0.3, 0.4) is 0 Å². The molecule has 2 bridgehead atoms. The van der Waals surface area contributed by atoms with E-state index in [4.69, 9.17) is 0 Å². The summed E-state index contributed by atoms with van der Waals surface area (Å²) in [4.78, 5) is 11.2. The van der Waals surface area contributed by atoms with Crippen molar-refractivity contribution in [2.24, 2.45) is 5.92 Å². The van der Waals surface area contributed by atoms with Crippen LogP contribution in [-0.4, -0.2) is 22.1 Å². The first-order chi connectivity index (χ1) is 7.34. The van der Waals surface area contributed by atoms with Crippen LogP contribution in [0.2, 0.25) is 0 Å². The third-order valence-electron chi connectivity index (χ3n) is 3.75. The molecule has 0 saturated carbocycles. The second-order valence-corrected chi connectivity index (χ2v) is 4.92. The molecule has 2 aliphatic heterocycles. The van der Waals surface area contributed by atoms with E-state index >= 15 is 0 Å². The number of piperidine rings is 1. The molecule has 0 N–H and O–H groups in total. The van der Waals surface area contributed by atoms with Gasteiger partial charge in [-0.05, 0) is 37.7 Å². The first-order valence-corrected chi connectivity index (χ1v) is 5.90. The molecule has 3 rings (SSSR count). The number of aromatic nitrogens is 2. The zero-order valence-electron chi connectivity index (χ0n) is 9.13. The molecular formula is C12H17N3. The molecule has 0 aliphatic carbocycles. The van der Waals surface area contributed by atoms with E-state index in [1.165, 1.54) is 25.7 Å². The van der Waals surface area contributed by atoms with E-state index in [1.807, 2.05) is 18.5 Å². The van der Waals surface area contributed by atoms with Gasteiger partial charge in [0.25, 0.3) is 0 Å². The van der Waals surface area contributed by atoms with E-state index in [1.54, 1.807) is 0 Å². The second-order valence-electron chi connectivity index (χ2n) is 4.92. The van der Waals surface area contributed by atoms with Crippen molar-refractivity contribution in [2.45, 2.75) is 44.7 Å². The highest BCUT2D eigenvalue weighted by atomic mass is 15.3. The molecule has 2 saturated heterocycles. The summed E-state index contributed by atoms with van der Waals surface area (Å²) in [6.45, 7) is 2.37. The van der Waals surface area contributed by atoms with Gasteiger partial charge in [0, 0.05) is 24.5 Å². The van der Waals surface area contributed by atoms with Crippen molar-refractivity contribution >= 4 is 5.95 Å². The summed E-state index contributed by atoms with van der Waals surface area (Å²) in [6.07, 6.45) is 8.98. The molecule has 2 atom stereocenters. The zero-order valence-corrected chi connectivity index (χ0v) is 9.13. The Hall–Kier alpha value is -1.12. The molecule has 0 aromatic carbocycles. The van der Waals surface area contributed by atoms with Gasteiger partial charge in [0.2, 0.25) is 5.95 Å². The first kappa shape index (κ1) is 9.13. The average molecular weight is 203 g/mol. The first-order valence-electron chi connectivity index (χ1n) is 5.90. The standard InChI is InChI=1S/C12H17N3/c1-9-7-10-3-4-11(8-9)15(10)12-13-5-2-6-14-12/h2,5-6,9-11H,3-4,7-8H2,1H3. The van der Waals surface area contributed by atoms with Crippen molar-refractivity contribution in [2.75, 3.05) is 4.90 Å². The number of nitrogens with zero attached hydrogens (tertiary/aromatic N) is 3. The molecule has 1 aromatic heterocycles. The lowest BCUT2D eigenvalue weighted by molar-refractivity contribution is 0.359. The van der Waals surface area contributed by atoms with Crippen LogP contribution in [0.15, 0.2) is 18.5 Å². The van der Waals surface area contributed by atoms with E-state index in [-0.39, 0.29) is 0 Å². The van der Waals surface area contributed by atoms with Crippen LogP contribution in [0.25, 0.3) is 0 Å². The Bertz CT molecular complexity index is 324.